The molecule has 0 unspecified atom stereocenters. The van der Waals surface area contributed by atoms with Crippen LogP contribution in [0.15, 0.2) is 60.7 Å². The Morgan fingerprint density at radius 3 is 2.22 bits per heavy atom. The number of anilines is 1. The van der Waals surface area contributed by atoms with E-state index in [1.54, 1.807) is 14.2 Å². The number of fused-ring (bicyclic) bond motifs is 1. The van der Waals surface area contributed by atoms with Crippen molar-refractivity contribution in [3.63, 3.8) is 0 Å². The van der Waals surface area contributed by atoms with Crippen molar-refractivity contribution in [2.45, 2.75) is 6.54 Å². The third-order valence-electron chi connectivity index (χ3n) is 4.35. The first kappa shape index (κ1) is 18.7. The van der Waals surface area contributed by atoms with Crippen LogP contribution in [-0.2, 0) is 11.3 Å². The normalized spacial score (nSPS) is 10.8. The van der Waals surface area contributed by atoms with E-state index in [2.05, 4.69) is 23.5 Å². The van der Waals surface area contributed by atoms with Gasteiger partial charge in [-0.05, 0) is 65.8 Å². The molecule has 3 aromatic rings. The topological polar surface area (TPSA) is 50.8 Å². The fourth-order valence-electron chi connectivity index (χ4n) is 2.99. The van der Waals surface area contributed by atoms with Gasteiger partial charge in [-0.15, -0.1) is 0 Å². The second-order valence-electron chi connectivity index (χ2n) is 6.50. The molecule has 0 saturated carbocycles. The van der Waals surface area contributed by atoms with Crippen molar-refractivity contribution in [2.75, 3.05) is 33.1 Å². The van der Waals surface area contributed by atoms with Crippen LogP contribution in [0.5, 0.6) is 11.5 Å². The Kier molecular flexibility index (Phi) is 5.94. The highest BCUT2D eigenvalue weighted by molar-refractivity contribution is 5.92. The zero-order valence-electron chi connectivity index (χ0n) is 15.9. The number of nitrogens with zero attached hydrogens (tertiary/aromatic N) is 1. The van der Waals surface area contributed by atoms with Gasteiger partial charge in [0.05, 0.1) is 20.8 Å². The van der Waals surface area contributed by atoms with E-state index in [0.717, 1.165) is 33.5 Å². The summed E-state index contributed by atoms with van der Waals surface area (Å²) in [6.45, 7) is 1.00. The summed E-state index contributed by atoms with van der Waals surface area (Å²) in [5, 5.41) is 5.20. The van der Waals surface area contributed by atoms with Gasteiger partial charge in [0.1, 0.15) is 11.5 Å². The number of rotatable bonds is 7. The Bertz CT molecular complexity index is 922. The van der Waals surface area contributed by atoms with Gasteiger partial charge in [0, 0.05) is 12.2 Å². The second-order valence-corrected chi connectivity index (χ2v) is 6.50. The fraction of sp³-hybridized carbons (Fsp3) is 0.227. The van der Waals surface area contributed by atoms with Crippen molar-refractivity contribution < 1.29 is 14.3 Å². The molecule has 0 heterocycles. The van der Waals surface area contributed by atoms with Crippen molar-refractivity contribution in [1.29, 1.82) is 0 Å². The number of carbonyl (C=O) groups excluding carboxylic acids is 1. The first-order valence-electron chi connectivity index (χ1n) is 8.76. The van der Waals surface area contributed by atoms with Gasteiger partial charge >= 0.3 is 0 Å². The zero-order chi connectivity index (χ0) is 19.2. The molecule has 140 valence electrons. The molecule has 0 atom stereocenters. The molecule has 0 saturated heterocycles. The predicted octanol–water partition coefficient (Wildman–Crippen LogP) is 3.93. The van der Waals surface area contributed by atoms with Gasteiger partial charge in [0.15, 0.2) is 0 Å². The molecule has 1 N–H and O–H groups in total. The zero-order valence-corrected chi connectivity index (χ0v) is 15.9. The van der Waals surface area contributed by atoms with E-state index in [-0.39, 0.29) is 5.91 Å². The van der Waals surface area contributed by atoms with E-state index < -0.39 is 0 Å². The molecule has 27 heavy (non-hydrogen) atoms. The first-order chi connectivity index (χ1) is 13.1. The Morgan fingerprint density at radius 2 is 1.52 bits per heavy atom. The van der Waals surface area contributed by atoms with Gasteiger partial charge in [-0.3, -0.25) is 9.69 Å². The summed E-state index contributed by atoms with van der Waals surface area (Å²) in [7, 11) is 5.22. The van der Waals surface area contributed by atoms with E-state index in [0.29, 0.717) is 13.1 Å². The molecule has 5 nitrogen and oxygen atoms in total. The van der Waals surface area contributed by atoms with Gasteiger partial charge in [0.2, 0.25) is 5.91 Å². The van der Waals surface area contributed by atoms with Crippen molar-refractivity contribution >= 4 is 22.4 Å². The summed E-state index contributed by atoms with van der Waals surface area (Å²) in [5.41, 5.74) is 1.92. The molecule has 0 aromatic heterocycles. The summed E-state index contributed by atoms with van der Waals surface area (Å²) >= 11 is 0. The van der Waals surface area contributed by atoms with E-state index in [1.165, 1.54) is 0 Å². The molecule has 0 spiro atoms. The van der Waals surface area contributed by atoms with Crippen LogP contribution in [0.4, 0.5) is 5.69 Å². The quantitative estimate of drug-likeness (QED) is 0.690. The summed E-state index contributed by atoms with van der Waals surface area (Å²) < 4.78 is 10.4. The molecular formula is C22H24N2O3. The average molecular weight is 364 g/mol. The maximum Gasteiger partial charge on any atom is 0.238 e. The number of hydrogen-bond donors (Lipinski definition) is 1. The third-order valence-corrected chi connectivity index (χ3v) is 4.35. The lowest BCUT2D eigenvalue weighted by atomic mass is 10.1. The minimum Gasteiger partial charge on any atom is -0.497 e. The highest BCUT2D eigenvalue weighted by atomic mass is 16.5. The number of amides is 1. The van der Waals surface area contributed by atoms with Crippen molar-refractivity contribution in [3.05, 3.63) is 66.2 Å². The molecule has 3 aromatic carbocycles. The monoisotopic (exact) mass is 364 g/mol. The molecule has 0 aliphatic carbocycles. The highest BCUT2D eigenvalue weighted by Gasteiger charge is 2.08. The van der Waals surface area contributed by atoms with Crippen LogP contribution in [-0.4, -0.2) is 38.6 Å². The summed E-state index contributed by atoms with van der Waals surface area (Å²) in [6, 6.07) is 19.6. The average Bonchev–Trinajstić information content (AvgIpc) is 2.68. The smallest absolute Gasteiger partial charge is 0.238 e. The molecule has 3 rings (SSSR count). The van der Waals surface area contributed by atoms with Crippen LogP contribution in [0.25, 0.3) is 10.8 Å². The van der Waals surface area contributed by atoms with Crippen molar-refractivity contribution in [3.8, 4) is 11.5 Å². The fourth-order valence-corrected chi connectivity index (χ4v) is 2.99. The molecular weight excluding hydrogens is 340 g/mol. The number of ether oxygens (including phenoxy) is 2. The van der Waals surface area contributed by atoms with Crippen LogP contribution in [0.1, 0.15) is 5.56 Å². The van der Waals surface area contributed by atoms with Crippen molar-refractivity contribution in [1.82, 2.24) is 4.90 Å². The Balaban J connectivity index is 1.58. The maximum absolute atomic E-state index is 12.3. The maximum atomic E-state index is 12.3. The number of methoxy groups -OCH3 is 2. The molecule has 0 aliphatic rings. The van der Waals surface area contributed by atoms with Crippen LogP contribution >= 0.6 is 0 Å². The first-order valence-corrected chi connectivity index (χ1v) is 8.76. The molecule has 5 heteroatoms. The number of likely N-dealkylation sites (N-methyl/N-ethyl adjacent to an activating group) is 1. The lowest BCUT2D eigenvalue weighted by Crippen LogP contribution is -2.29. The predicted molar refractivity (Wildman–Crippen MR) is 108 cm³/mol. The highest BCUT2D eigenvalue weighted by Crippen LogP contribution is 2.22. The minimum atomic E-state index is -0.0480. The molecule has 0 fully saturated rings. The largest absolute Gasteiger partial charge is 0.497 e. The Labute approximate surface area is 159 Å². The number of hydrogen-bond acceptors (Lipinski definition) is 4. The van der Waals surface area contributed by atoms with E-state index in [4.69, 9.17) is 9.47 Å². The molecule has 0 bridgehead atoms. The minimum absolute atomic E-state index is 0.0480. The van der Waals surface area contributed by atoms with Gasteiger partial charge in [-0.1, -0.05) is 18.2 Å². The number of nitrogens with one attached hydrogen (secondary N) is 1. The van der Waals surface area contributed by atoms with Gasteiger partial charge in [0.25, 0.3) is 0 Å². The van der Waals surface area contributed by atoms with Crippen LogP contribution in [0.3, 0.4) is 0 Å². The number of benzene rings is 3. The van der Waals surface area contributed by atoms with Crippen LogP contribution < -0.4 is 14.8 Å². The van der Waals surface area contributed by atoms with E-state index in [9.17, 15) is 4.79 Å². The third kappa shape index (κ3) is 4.99. The number of carbonyl (C=O) groups is 1. The molecule has 0 radical (unpaired) electrons. The van der Waals surface area contributed by atoms with Gasteiger partial charge in [-0.2, -0.15) is 0 Å². The lowest BCUT2D eigenvalue weighted by molar-refractivity contribution is -0.117. The Hall–Kier alpha value is -3.05. The van der Waals surface area contributed by atoms with Crippen molar-refractivity contribution in [2.24, 2.45) is 0 Å². The Morgan fingerprint density at radius 1 is 0.889 bits per heavy atom. The molecule has 1 amide bonds. The van der Waals surface area contributed by atoms with Gasteiger partial charge in [-0.25, -0.2) is 0 Å². The van der Waals surface area contributed by atoms with Crippen LogP contribution in [0.2, 0.25) is 0 Å². The lowest BCUT2D eigenvalue weighted by Gasteiger charge is -2.17. The van der Waals surface area contributed by atoms with E-state index >= 15 is 0 Å². The summed E-state index contributed by atoms with van der Waals surface area (Å²) in [6.07, 6.45) is 0. The van der Waals surface area contributed by atoms with Crippen LogP contribution in [0, 0.1) is 0 Å². The molecule has 0 aliphatic heterocycles. The summed E-state index contributed by atoms with van der Waals surface area (Å²) in [5.74, 6) is 1.56. The van der Waals surface area contributed by atoms with Gasteiger partial charge < -0.3 is 14.8 Å². The van der Waals surface area contributed by atoms with E-state index in [1.807, 2.05) is 54.4 Å². The summed E-state index contributed by atoms with van der Waals surface area (Å²) in [4.78, 5) is 14.2. The standard InChI is InChI=1S/C22H24N2O3/c1-24(15-22(25)23-19-7-10-20(26-2)11-8-19)14-16-4-5-18-13-21(27-3)9-6-17(18)12-16/h4-13H,14-15H2,1-3H3,(H,23,25). The second kappa shape index (κ2) is 8.56. The SMILES string of the molecule is COc1ccc(NC(=O)CN(C)Cc2ccc3cc(OC)ccc3c2)cc1.